The summed E-state index contributed by atoms with van der Waals surface area (Å²) >= 11 is 9.10. The predicted molar refractivity (Wildman–Crippen MR) is 96.6 cm³/mol. The first-order chi connectivity index (χ1) is 11.9. The van der Waals surface area contributed by atoms with Crippen molar-refractivity contribution in [3.05, 3.63) is 67.1 Å². The van der Waals surface area contributed by atoms with Gasteiger partial charge in [-0.05, 0) is 28.1 Å². The SMILES string of the molecule is CC.O=C(c1c(F)ccc([N+](=O)[O-])c1Cl)c1c[nH]c2ncc(Br)cc12. The van der Waals surface area contributed by atoms with Crippen LogP contribution in [0, 0.1) is 15.9 Å². The van der Waals surface area contributed by atoms with E-state index in [4.69, 9.17) is 11.6 Å². The molecule has 0 spiro atoms. The highest BCUT2D eigenvalue weighted by molar-refractivity contribution is 9.10. The van der Waals surface area contributed by atoms with Crippen molar-refractivity contribution < 1.29 is 14.1 Å². The zero-order valence-electron chi connectivity index (χ0n) is 13.1. The van der Waals surface area contributed by atoms with Gasteiger partial charge in [-0.2, -0.15) is 0 Å². The van der Waals surface area contributed by atoms with Crippen LogP contribution < -0.4 is 0 Å². The van der Waals surface area contributed by atoms with E-state index in [1.807, 2.05) is 13.8 Å². The van der Waals surface area contributed by atoms with Gasteiger partial charge in [-0.15, -0.1) is 0 Å². The quantitative estimate of drug-likeness (QED) is 0.349. The lowest BCUT2D eigenvalue weighted by atomic mass is 10.0. The van der Waals surface area contributed by atoms with Crippen molar-refractivity contribution in [1.82, 2.24) is 9.97 Å². The molecule has 0 atom stereocenters. The molecule has 0 saturated carbocycles. The Bertz CT molecular complexity index is 975. The van der Waals surface area contributed by atoms with E-state index in [0.29, 0.717) is 15.5 Å². The van der Waals surface area contributed by atoms with E-state index in [9.17, 15) is 19.3 Å². The van der Waals surface area contributed by atoms with Gasteiger partial charge in [-0.1, -0.05) is 25.4 Å². The van der Waals surface area contributed by atoms with Gasteiger partial charge in [0.25, 0.3) is 5.69 Å². The predicted octanol–water partition coefficient (Wildman–Crippen LogP) is 5.28. The molecule has 0 bridgehead atoms. The van der Waals surface area contributed by atoms with Gasteiger partial charge >= 0.3 is 0 Å². The molecule has 3 rings (SSSR count). The maximum atomic E-state index is 14.1. The number of carbonyl (C=O) groups is 1. The lowest BCUT2D eigenvalue weighted by molar-refractivity contribution is -0.384. The van der Waals surface area contributed by atoms with Gasteiger partial charge in [0.15, 0.2) is 5.78 Å². The standard InChI is InChI=1S/C14H6BrClFN3O3.C2H6/c15-6-3-7-8(5-19-14(7)18-4-6)13(21)11-9(17)1-2-10(12(11)16)20(22)23;1-2/h1-5H,(H,18,19);1-2H3. The Kier molecular flexibility index (Phi) is 5.86. The summed E-state index contributed by atoms with van der Waals surface area (Å²) in [4.78, 5) is 29.7. The molecular weight excluding hydrogens is 417 g/mol. The van der Waals surface area contributed by atoms with Crippen LogP contribution in [0.4, 0.5) is 10.1 Å². The lowest BCUT2D eigenvalue weighted by Gasteiger charge is -2.05. The molecule has 0 saturated heterocycles. The second-order valence-electron chi connectivity index (χ2n) is 4.59. The van der Waals surface area contributed by atoms with E-state index in [-0.39, 0.29) is 5.56 Å². The molecule has 3 aromatic rings. The summed E-state index contributed by atoms with van der Waals surface area (Å²) in [6.07, 6.45) is 2.90. The molecule has 9 heteroatoms. The molecule has 0 aliphatic rings. The maximum absolute atomic E-state index is 14.1. The third kappa shape index (κ3) is 3.54. The largest absolute Gasteiger partial charge is 0.345 e. The van der Waals surface area contributed by atoms with Gasteiger partial charge in [-0.25, -0.2) is 9.37 Å². The van der Waals surface area contributed by atoms with Crippen LogP contribution in [0.5, 0.6) is 0 Å². The fourth-order valence-electron chi connectivity index (χ4n) is 2.19. The number of nitro groups is 1. The number of H-pyrrole nitrogens is 1. The van der Waals surface area contributed by atoms with Crippen molar-refractivity contribution in [3.63, 3.8) is 0 Å². The van der Waals surface area contributed by atoms with Crippen molar-refractivity contribution in [2.45, 2.75) is 13.8 Å². The molecule has 0 amide bonds. The van der Waals surface area contributed by atoms with Crippen LogP contribution in [0.3, 0.4) is 0 Å². The highest BCUT2D eigenvalue weighted by Crippen LogP contribution is 2.33. The number of benzene rings is 1. The number of fused-ring (bicyclic) bond motifs is 1. The summed E-state index contributed by atoms with van der Waals surface area (Å²) in [5, 5.41) is 10.8. The van der Waals surface area contributed by atoms with Crippen molar-refractivity contribution >= 4 is 50.0 Å². The van der Waals surface area contributed by atoms with Crippen LogP contribution >= 0.6 is 27.5 Å². The molecule has 6 nitrogen and oxygen atoms in total. The van der Waals surface area contributed by atoms with Crippen molar-refractivity contribution in [3.8, 4) is 0 Å². The summed E-state index contributed by atoms with van der Waals surface area (Å²) in [6, 6.07) is 3.40. The smallest absolute Gasteiger partial charge is 0.288 e. The minimum atomic E-state index is -0.928. The summed E-state index contributed by atoms with van der Waals surface area (Å²) in [5.41, 5.74) is -0.522. The van der Waals surface area contributed by atoms with Gasteiger partial charge in [0, 0.05) is 33.9 Å². The zero-order chi connectivity index (χ0) is 18.7. The molecule has 0 aliphatic carbocycles. The summed E-state index contributed by atoms with van der Waals surface area (Å²) in [7, 11) is 0. The Morgan fingerprint density at radius 2 is 2.08 bits per heavy atom. The van der Waals surface area contributed by atoms with Gasteiger partial charge in [-0.3, -0.25) is 14.9 Å². The van der Waals surface area contributed by atoms with Gasteiger partial charge in [0.1, 0.15) is 16.5 Å². The molecule has 0 unspecified atom stereocenters. The first kappa shape index (κ1) is 19.0. The molecule has 0 radical (unpaired) electrons. The van der Waals surface area contributed by atoms with E-state index in [1.54, 1.807) is 6.07 Å². The number of hydrogen-bond acceptors (Lipinski definition) is 4. The fraction of sp³-hybridized carbons (Fsp3) is 0.125. The van der Waals surface area contributed by atoms with E-state index in [2.05, 4.69) is 25.9 Å². The van der Waals surface area contributed by atoms with Crippen molar-refractivity contribution in [1.29, 1.82) is 0 Å². The van der Waals surface area contributed by atoms with Gasteiger partial charge in [0.2, 0.25) is 0 Å². The minimum Gasteiger partial charge on any atom is -0.345 e. The topological polar surface area (TPSA) is 88.9 Å². The van der Waals surface area contributed by atoms with Crippen LogP contribution in [-0.2, 0) is 0 Å². The molecule has 2 aromatic heterocycles. The maximum Gasteiger partial charge on any atom is 0.288 e. The average Bonchev–Trinajstić information content (AvgIpc) is 2.99. The van der Waals surface area contributed by atoms with Crippen LogP contribution in [0.25, 0.3) is 11.0 Å². The Morgan fingerprint density at radius 3 is 2.72 bits per heavy atom. The highest BCUT2D eigenvalue weighted by atomic mass is 79.9. The number of aromatic nitrogens is 2. The molecular formula is C16H12BrClFN3O3. The molecule has 0 fully saturated rings. The second-order valence-corrected chi connectivity index (χ2v) is 5.89. The number of pyridine rings is 1. The molecule has 0 aliphatic heterocycles. The normalized spacial score (nSPS) is 10.3. The third-order valence-corrected chi connectivity index (χ3v) is 4.05. The molecule has 1 aromatic carbocycles. The Balaban J connectivity index is 0.00000109. The monoisotopic (exact) mass is 427 g/mol. The summed E-state index contributed by atoms with van der Waals surface area (Å²) < 4.78 is 14.7. The number of halogens is 3. The molecule has 1 N–H and O–H groups in total. The number of aromatic amines is 1. The average molecular weight is 429 g/mol. The van der Waals surface area contributed by atoms with Crippen LogP contribution in [0.1, 0.15) is 29.8 Å². The summed E-state index contributed by atoms with van der Waals surface area (Å²) in [5.74, 6) is -1.69. The van der Waals surface area contributed by atoms with Crippen LogP contribution in [-0.4, -0.2) is 20.7 Å². The highest BCUT2D eigenvalue weighted by Gasteiger charge is 2.27. The van der Waals surface area contributed by atoms with Crippen molar-refractivity contribution in [2.75, 3.05) is 0 Å². The first-order valence-electron chi connectivity index (χ1n) is 7.20. The number of nitrogens with zero attached hydrogens (tertiary/aromatic N) is 2. The Hall–Kier alpha value is -2.32. The van der Waals surface area contributed by atoms with Crippen molar-refractivity contribution in [2.24, 2.45) is 0 Å². The van der Waals surface area contributed by atoms with Crippen LogP contribution in [0.15, 0.2) is 35.1 Å². The Labute approximate surface area is 155 Å². The van der Waals surface area contributed by atoms with E-state index < -0.39 is 32.8 Å². The molecule has 25 heavy (non-hydrogen) atoms. The number of hydrogen-bond donors (Lipinski definition) is 1. The number of nitro benzene ring substituents is 1. The second kappa shape index (κ2) is 7.71. The Morgan fingerprint density at radius 1 is 1.40 bits per heavy atom. The number of nitrogens with one attached hydrogen (secondary N) is 1. The minimum absolute atomic E-state index is 0.120. The van der Waals surface area contributed by atoms with Crippen LogP contribution in [0.2, 0.25) is 5.02 Å². The third-order valence-electron chi connectivity index (χ3n) is 3.24. The first-order valence-corrected chi connectivity index (χ1v) is 8.37. The zero-order valence-corrected chi connectivity index (χ0v) is 15.5. The van der Waals surface area contributed by atoms with Gasteiger partial charge in [0.05, 0.1) is 10.5 Å². The number of carbonyl (C=O) groups excluding carboxylic acids is 1. The number of ketones is 1. The van der Waals surface area contributed by atoms with E-state index in [1.165, 1.54) is 12.4 Å². The van der Waals surface area contributed by atoms with E-state index >= 15 is 0 Å². The fourth-order valence-corrected chi connectivity index (χ4v) is 2.83. The van der Waals surface area contributed by atoms with E-state index in [0.717, 1.165) is 12.1 Å². The molecule has 2 heterocycles. The van der Waals surface area contributed by atoms with Gasteiger partial charge < -0.3 is 4.98 Å². The number of rotatable bonds is 3. The lowest BCUT2D eigenvalue weighted by Crippen LogP contribution is -2.06. The summed E-state index contributed by atoms with van der Waals surface area (Å²) in [6.45, 7) is 4.00. The molecule has 130 valence electrons.